The zero-order valence-corrected chi connectivity index (χ0v) is 12.6. The number of piperidine rings is 1. The summed E-state index contributed by atoms with van der Waals surface area (Å²) in [4.78, 5) is 22.3. The van der Waals surface area contributed by atoms with Crippen LogP contribution in [0.1, 0.15) is 19.8 Å². The summed E-state index contributed by atoms with van der Waals surface area (Å²) >= 11 is 0. The number of benzene rings is 1. The zero-order valence-electron chi connectivity index (χ0n) is 12.6. The quantitative estimate of drug-likeness (QED) is 0.613. The molecule has 7 heteroatoms. The lowest BCUT2D eigenvalue weighted by Crippen LogP contribution is -2.48. The van der Waals surface area contributed by atoms with Crippen LogP contribution in [0.3, 0.4) is 0 Å². The highest BCUT2D eigenvalue weighted by atomic mass is 16.6. The molecule has 0 aromatic heterocycles. The predicted octanol–water partition coefficient (Wildman–Crippen LogP) is 1.48. The van der Waals surface area contributed by atoms with Gasteiger partial charge in [-0.2, -0.15) is 0 Å². The molecule has 1 heterocycles. The summed E-state index contributed by atoms with van der Waals surface area (Å²) in [6.07, 6.45) is 1.10. The Bertz CT molecular complexity index is 535. The van der Waals surface area contributed by atoms with Crippen molar-refractivity contribution in [3.63, 3.8) is 0 Å². The average molecular weight is 307 g/mol. The number of amides is 1. The number of carbonyl (C=O) groups excluding carboxylic acids is 1. The number of hydrogen-bond acceptors (Lipinski definition) is 5. The van der Waals surface area contributed by atoms with E-state index in [1.54, 1.807) is 12.1 Å². The van der Waals surface area contributed by atoms with Crippen molar-refractivity contribution in [1.29, 1.82) is 0 Å². The number of ether oxygens (including phenoxy) is 1. The van der Waals surface area contributed by atoms with Crippen LogP contribution in [0.4, 0.5) is 5.69 Å². The molecule has 0 spiro atoms. The Balaban J connectivity index is 1.78. The summed E-state index contributed by atoms with van der Waals surface area (Å²) in [6.45, 7) is 4.02. The van der Waals surface area contributed by atoms with Crippen LogP contribution in [0.25, 0.3) is 0 Å². The maximum atomic E-state index is 11.9. The summed E-state index contributed by atoms with van der Waals surface area (Å²) < 4.78 is 5.37. The van der Waals surface area contributed by atoms with Crippen molar-refractivity contribution >= 4 is 11.6 Å². The number of hydrogen-bond donors (Lipinski definition) is 2. The monoisotopic (exact) mass is 307 g/mol. The molecule has 1 aromatic carbocycles. The summed E-state index contributed by atoms with van der Waals surface area (Å²) in [6, 6.07) is 6.34. The van der Waals surface area contributed by atoms with Crippen LogP contribution in [-0.2, 0) is 4.79 Å². The lowest BCUT2D eigenvalue weighted by Gasteiger charge is -2.30. The van der Waals surface area contributed by atoms with Gasteiger partial charge < -0.3 is 15.4 Å². The SMILES string of the molecule is CC1CNCCC1NC(=O)CCOc1ccccc1[N+](=O)[O-]. The maximum absolute atomic E-state index is 11.9. The number of nitrogens with zero attached hydrogens (tertiary/aromatic N) is 1. The third-order valence-electron chi connectivity index (χ3n) is 3.78. The summed E-state index contributed by atoms with van der Waals surface area (Å²) in [7, 11) is 0. The average Bonchev–Trinajstić information content (AvgIpc) is 2.50. The Labute approximate surface area is 129 Å². The van der Waals surface area contributed by atoms with Gasteiger partial charge in [-0.1, -0.05) is 19.1 Å². The summed E-state index contributed by atoms with van der Waals surface area (Å²) in [5, 5.41) is 17.1. The standard InChI is InChI=1S/C15H21N3O4/c1-11-10-16-8-6-12(11)17-15(19)7-9-22-14-5-3-2-4-13(14)18(20)21/h2-5,11-12,16H,6-10H2,1H3,(H,17,19). The van der Waals surface area contributed by atoms with Crippen molar-refractivity contribution in [3.05, 3.63) is 34.4 Å². The van der Waals surface area contributed by atoms with Crippen molar-refractivity contribution in [2.45, 2.75) is 25.8 Å². The van der Waals surface area contributed by atoms with E-state index in [2.05, 4.69) is 17.6 Å². The Morgan fingerprint density at radius 2 is 2.27 bits per heavy atom. The molecule has 0 bridgehead atoms. The molecule has 1 aliphatic heterocycles. The van der Waals surface area contributed by atoms with Crippen molar-refractivity contribution in [3.8, 4) is 5.75 Å². The predicted molar refractivity (Wildman–Crippen MR) is 81.8 cm³/mol. The second-order valence-electron chi connectivity index (χ2n) is 5.47. The third-order valence-corrected chi connectivity index (χ3v) is 3.78. The normalized spacial score (nSPS) is 21.1. The van der Waals surface area contributed by atoms with Crippen LogP contribution < -0.4 is 15.4 Å². The number of rotatable bonds is 6. The summed E-state index contributed by atoms with van der Waals surface area (Å²) in [5.74, 6) is 0.502. The highest BCUT2D eigenvalue weighted by molar-refractivity contribution is 5.76. The molecular formula is C15H21N3O4. The third kappa shape index (κ3) is 4.42. The van der Waals surface area contributed by atoms with Crippen molar-refractivity contribution in [2.75, 3.05) is 19.7 Å². The van der Waals surface area contributed by atoms with E-state index in [4.69, 9.17) is 4.74 Å². The molecule has 2 rings (SSSR count). The second kappa shape index (κ2) is 7.74. The molecule has 1 aromatic rings. The largest absolute Gasteiger partial charge is 0.486 e. The van der Waals surface area contributed by atoms with E-state index in [0.29, 0.717) is 5.92 Å². The van der Waals surface area contributed by atoms with Crippen molar-refractivity contribution < 1.29 is 14.5 Å². The van der Waals surface area contributed by atoms with Gasteiger partial charge in [0.1, 0.15) is 0 Å². The first-order chi connectivity index (χ1) is 10.6. The minimum Gasteiger partial charge on any atom is -0.486 e. The molecule has 120 valence electrons. The van der Waals surface area contributed by atoms with Gasteiger partial charge in [-0.25, -0.2) is 0 Å². The van der Waals surface area contributed by atoms with Crippen LogP contribution in [0.2, 0.25) is 0 Å². The molecule has 2 atom stereocenters. The Morgan fingerprint density at radius 1 is 1.50 bits per heavy atom. The van der Waals surface area contributed by atoms with Crippen molar-refractivity contribution in [1.82, 2.24) is 10.6 Å². The van der Waals surface area contributed by atoms with Crippen LogP contribution in [-0.4, -0.2) is 36.6 Å². The number of nitro groups is 1. The highest BCUT2D eigenvalue weighted by Crippen LogP contribution is 2.25. The Hall–Kier alpha value is -2.15. The number of nitrogens with one attached hydrogen (secondary N) is 2. The van der Waals surface area contributed by atoms with Crippen LogP contribution in [0.5, 0.6) is 5.75 Å². The molecule has 7 nitrogen and oxygen atoms in total. The highest BCUT2D eigenvalue weighted by Gasteiger charge is 2.22. The smallest absolute Gasteiger partial charge is 0.310 e. The lowest BCUT2D eigenvalue weighted by molar-refractivity contribution is -0.385. The molecule has 1 amide bonds. The van der Waals surface area contributed by atoms with Crippen LogP contribution in [0, 0.1) is 16.0 Å². The van der Waals surface area contributed by atoms with E-state index in [9.17, 15) is 14.9 Å². The van der Waals surface area contributed by atoms with Crippen LogP contribution in [0.15, 0.2) is 24.3 Å². The van der Waals surface area contributed by atoms with Crippen LogP contribution >= 0.6 is 0 Å². The minimum absolute atomic E-state index is 0.0858. The lowest BCUT2D eigenvalue weighted by atomic mass is 9.95. The second-order valence-corrected chi connectivity index (χ2v) is 5.47. The van der Waals surface area contributed by atoms with E-state index in [1.165, 1.54) is 12.1 Å². The van der Waals surface area contributed by atoms with Gasteiger partial charge in [0.2, 0.25) is 5.91 Å². The minimum atomic E-state index is -0.494. The fourth-order valence-electron chi connectivity index (χ4n) is 2.49. The van der Waals surface area contributed by atoms with Gasteiger partial charge in [0.05, 0.1) is 18.0 Å². The molecule has 0 radical (unpaired) electrons. The van der Waals surface area contributed by atoms with Gasteiger partial charge in [0.25, 0.3) is 0 Å². The summed E-state index contributed by atoms with van der Waals surface area (Å²) in [5.41, 5.74) is -0.0881. The fraction of sp³-hybridized carbons (Fsp3) is 0.533. The van der Waals surface area contributed by atoms with E-state index >= 15 is 0 Å². The molecule has 1 aliphatic rings. The van der Waals surface area contributed by atoms with Gasteiger partial charge in [-0.05, 0) is 31.5 Å². The molecule has 1 saturated heterocycles. The van der Waals surface area contributed by atoms with Gasteiger partial charge in [-0.15, -0.1) is 0 Å². The fourth-order valence-corrected chi connectivity index (χ4v) is 2.49. The van der Waals surface area contributed by atoms with Crippen molar-refractivity contribution in [2.24, 2.45) is 5.92 Å². The van der Waals surface area contributed by atoms with Gasteiger partial charge in [0, 0.05) is 12.1 Å². The zero-order chi connectivity index (χ0) is 15.9. The first-order valence-corrected chi connectivity index (χ1v) is 7.44. The van der Waals surface area contributed by atoms with E-state index in [1.807, 2.05) is 0 Å². The topological polar surface area (TPSA) is 93.5 Å². The van der Waals surface area contributed by atoms with E-state index < -0.39 is 4.92 Å². The van der Waals surface area contributed by atoms with E-state index in [-0.39, 0.29) is 36.4 Å². The molecule has 2 N–H and O–H groups in total. The molecule has 0 aliphatic carbocycles. The molecule has 0 saturated carbocycles. The molecule has 22 heavy (non-hydrogen) atoms. The number of nitro benzene ring substituents is 1. The number of carbonyl (C=O) groups is 1. The first kappa shape index (κ1) is 16.2. The van der Waals surface area contributed by atoms with E-state index in [0.717, 1.165) is 19.5 Å². The molecular weight excluding hydrogens is 286 g/mol. The Kier molecular flexibility index (Phi) is 5.71. The van der Waals surface area contributed by atoms with Gasteiger partial charge in [0.15, 0.2) is 5.75 Å². The molecule has 1 fully saturated rings. The Morgan fingerprint density at radius 3 is 3.00 bits per heavy atom. The van der Waals surface area contributed by atoms with Gasteiger partial charge >= 0.3 is 5.69 Å². The first-order valence-electron chi connectivity index (χ1n) is 7.44. The number of para-hydroxylation sites is 2. The maximum Gasteiger partial charge on any atom is 0.310 e. The van der Waals surface area contributed by atoms with Gasteiger partial charge in [-0.3, -0.25) is 14.9 Å². The molecule has 2 unspecified atom stereocenters.